The van der Waals surface area contributed by atoms with E-state index in [1.54, 1.807) is 0 Å². The van der Waals surface area contributed by atoms with E-state index in [2.05, 4.69) is 41.8 Å². The Morgan fingerprint density at radius 1 is 1.13 bits per heavy atom. The summed E-state index contributed by atoms with van der Waals surface area (Å²) in [6.45, 7) is 5.81. The lowest BCUT2D eigenvalue weighted by Gasteiger charge is -2.27. The molecule has 0 aliphatic carbocycles. The summed E-state index contributed by atoms with van der Waals surface area (Å²) in [5.41, 5.74) is 2.97. The molecule has 7 nitrogen and oxygen atoms in total. The van der Waals surface area contributed by atoms with Crippen LogP contribution in [-0.4, -0.2) is 46.3 Å². The highest BCUT2D eigenvalue weighted by Crippen LogP contribution is 2.22. The molecule has 1 fully saturated rings. The van der Waals surface area contributed by atoms with Gasteiger partial charge < -0.3 is 15.5 Å². The number of anilines is 3. The Hall–Kier alpha value is -2.67. The normalized spacial score (nSPS) is 15.1. The highest BCUT2D eigenvalue weighted by molar-refractivity contribution is 5.82. The predicted molar refractivity (Wildman–Crippen MR) is 91.2 cm³/mol. The molecule has 0 radical (unpaired) electrons. The van der Waals surface area contributed by atoms with Crippen molar-refractivity contribution < 1.29 is 0 Å². The molecule has 4 rings (SSSR count). The molecular formula is C16H19N7. The second-order valence-electron chi connectivity index (χ2n) is 5.73. The zero-order valence-electron chi connectivity index (χ0n) is 13.0. The first-order chi connectivity index (χ1) is 11.3. The van der Waals surface area contributed by atoms with Gasteiger partial charge in [-0.2, -0.15) is 10.1 Å². The summed E-state index contributed by atoms with van der Waals surface area (Å²) >= 11 is 0. The van der Waals surface area contributed by atoms with E-state index in [0.717, 1.165) is 60.2 Å². The average molecular weight is 309 g/mol. The van der Waals surface area contributed by atoms with Gasteiger partial charge in [0.05, 0.1) is 11.7 Å². The minimum absolute atomic E-state index is 0.790. The zero-order chi connectivity index (χ0) is 15.6. The van der Waals surface area contributed by atoms with Crippen LogP contribution in [-0.2, 0) is 0 Å². The molecule has 3 heterocycles. The van der Waals surface area contributed by atoms with E-state index in [4.69, 9.17) is 0 Å². The number of nitrogens with one attached hydrogen (secondary N) is 3. The third-order valence-corrected chi connectivity index (χ3v) is 3.95. The molecule has 0 bridgehead atoms. The first-order valence-electron chi connectivity index (χ1n) is 7.79. The lowest BCUT2D eigenvalue weighted by Crippen LogP contribution is -2.44. The number of benzene rings is 1. The van der Waals surface area contributed by atoms with Crippen LogP contribution in [0.3, 0.4) is 0 Å². The van der Waals surface area contributed by atoms with Gasteiger partial charge >= 0.3 is 0 Å². The van der Waals surface area contributed by atoms with E-state index in [1.165, 1.54) is 0 Å². The Kier molecular flexibility index (Phi) is 3.55. The van der Waals surface area contributed by atoms with E-state index < -0.39 is 0 Å². The first kappa shape index (κ1) is 14.0. The lowest BCUT2D eigenvalue weighted by atomic mass is 10.2. The summed E-state index contributed by atoms with van der Waals surface area (Å²) in [5.74, 6) is 1.60. The van der Waals surface area contributed by atoms with Gasteiger partial charge in [0.25, 0.3) is 0 Å². The molecule has 0 saturated carbocycles. The third-order valence-electron chi connectivity index (χ3n) is 3.95. The number of rotatable bonds is 3. The molecule has 0 unspecified atom stereocenters. The minimum Gasteiger partial charge on any atom is -0.340 e. The van der Waals surface area contributed by atoms with Crippen LogP contribution in [0.4, 0.5) is 17.5 Å². The number of aryl methyl sites for hydroxylation is 1. The van der Waals surface area contributed by atoms with Crippen LogP contribution in [0, 0.1) is 6.92 Å². The number of hydrogen-bond acceptors (Lipinski definition) is 6. The van der Waals surface area contributed by atoms with E-state index in [-0.39, 0.29) is 0 Å². The smallest absolute Gasteiger partial charge is 0.227 e. The number of H-pyrrole nitrogens is 1. The van der Waals surface area contributed by atoms with Crippen LogP contribution in [0.15, 0.2) is 30.5 Å². The van der Waals surface area contributed by atoms with Gasteiger partial charge in [-0.25, -0.2) is 4.98 Å². The largest absolute Gasteiger partial charge is 0.340 e. The number of hydrogen-bond donors (Lipinski definition) is 3. The van der Waals surface area contributed by atoms with Gasteiger partial charge in [0.1, 0.15) is 5.82 Å². The summed E-state index contributed by atoms with van der Waals surface area (Å²) in [6, 6.07) is 8.05. The number of piperazine rings is 1. The molecule has 3 N–H and O–H groups in total. The van der Waals surface area contributed by atoms with Crippen molar-refractivity contribution in [1.82, 2.24) is 25.5 Å². The molecule has 1 aliphatic rings. The minimum atomic E-state index is 0.790. The molecule has 1 aliphatic heterocycles. The van der Waals surface area contributed by atoms with Crippen molar-refractivity contribution in [2.45, 2.75) is 6.92 Å². The summed E-state index contributed by atoms with van der Waals surface area (Å²) in [4.78, 5) is 11.5. The molecule has 23 heavy (non-hydrogen) atoms. The highest BCUT2D eigenvalue weighted by Gasteiger charge is 2.14. The topological polar surface area (TPSA) is 81.8 Å². The second-order valence-corrected chi connectivity index (χ2v) is 5.73. The quantitative estimate of drug-likeness (QED) is 0.684. The molecule has 7 heteroatoms. The van der Waals surface area contributed by atoms with Gasteiger partial charge in [-0.15, -0.1) is 0 Å². The van der Waals surface area contributed by atoms with Crippen LogP contribution in [0.5, 0.6) is 0 Å². The monoisotopic (exact) mass is 309 g/mol. The molecule has 1 saturated heterocycles. The lowest BCUT2D eigenvalue weighted by molar-refractivity contribution is 0.579. The van der Waals surface area contributed by atoms with Crippen molar-refractivity contribution in [3.8, 4) is 0 Å². The van der Waals surface area contributed by atoms with Crippen molar-refractivity contribution >= 4 is 28.4 Å². The molecule has 3 aromatic rings. The van der Waals surface area contributed by atoms with Crippen LogP contribution >= 0.6 is 0 Å². The zero-order valence-corrected chi connectivity index (χ0v) is 13.0. The van der Waals surface area contributed by atoms with Crippen molar-refractivity contribution in [3.05, 3.63) is 36.2 Å². The van der Waals surface area contributed by atoms with Gasteiger partial charge in [0.2, 0.25) is 5.95 Å². The number of nitrogens with zero attached hydrogens (tertiary/aromatic N) is 4. The standard InChI is InChI=1S/C16H19N7/c1-11-8-15(21-16(19-11)23-6-4-17-5-7-23)20-13-2-3-14-12(9-13)10-18-22-14/h2-3,8-10,17H,4-7H2,1H3,(H,18,22)(H,19,20,21). The average Bonchev–Trinajstić information content (AvgIpc) is 3.03. The summed E-state index contributed by atoms with van der Waals surface area (Å²) < 4.78 is 0. The van der Waals surface area contributed by atoms with E-state index in [9.17, 15) is 0 Å². The fraction of sp³-hybridized carbons (Fsp3) is 0.312. The SMILES string of the molecule is Cc1cc(Nc2ccc3[nH]ncc3c2)nc(N2CCNCC2)n1. The van der Waals surface area contributed by atoms with Crippen molar-refractivity contribution in [2.75, 3.05) is 36.4 Å². The van der Waals surface area contributed by atoms with Gasteiger partial charge in [0.15, 0.2) is 0 Å². The number of aromatic nitrogens is 4. The third kappa shape index (κ3) is 2.95. The predicted octanol–water partition coefficient (Wildman–Crippen LogP) is 1.81. The van der Waals surface area contributed by atoms with Gasteiger partial charge in [-0.05, 0) is 25.1 Å². The summed E-state index contributed by atoms with van der Waals surface area (Å²) in [7, 11) is 0. The van der Waals surface area contributed by atoms with Crippen LogP contribution in [0.25, 0.3) is 10.9 Å². The number of aromatic amines is 1. The van der Waals surface area contributed by atoms with Crippen molar-refractivity contribution in [1.29, 1.82) is 0 Å². The van der Waals surface area contributed by atoms with Gasteiger partial charge in [-0.3, -0.25) is 5.10 Å². The van der Waals surface area contributed by atoms with E-state index in [0.29, 0.717) is 0 Å². The Labute approximate surface area is 134 Å². The fourth-order valence-electron chi connectivity index (χ4n) is 2.79. The highest BCUT2D eigenvalue weighted by atomic mass is 15.3. The summed E-state index contributed by atoms with van der Waals surface area (Å²) in [5, 5.41) is 14.8. The Morgan fingerprint density at radius 2 is 2.00 bits per heavy atom. The van der Waals surface area contributed by atoms with Gasteiger partial charge in [0, 0.05) is 49.0 Å². The Morgan fingerprint density at radius 3 is 2.87 bits per heavy atom. The Bertz CT molecular complexity index is 820. The molecule has 0 atom stereocenters. The molecular weight excluding hydrogens is 290 g/mol. The maximum atomic E-state index is 4.67. The maximum Gasteiger partial charge on any atom is 0.227 e. The van der Waals surface area contributed by atoms with Crippen LogP contribution < -0.4 is 15.5 Å². The molecule has 0 amide bonds. The van der Waals surface area contributed by atoms with E-state index in [1.807, 2.05) is 31.3 Å². The van der Waals surface area contributed by atoms with E-state index >= 15 is 0 Å². The number of fused-ring (bicyclic) bond motifs is 1. The molecule has 1 aromatic carbocycles. The molecule has 0 spiro atoms. The fourth-order valence-corrected chi connectivity index (χ4v) is 2.79. The van der Waals surface area contributed by atoms with Crippen LogP contribution in [0.2, 0.25) is 0 Å². The maximum absolute atomic E-state index is 4.67. The first-order valence-corrected chi connectivity index (χ1v) is 7.79. The van der Waals surface area contributed by atoms with Gasteiger partial charge in [-0.1, -0.05) is 0 Å². The van der Waals surface area contributed by atoms with Crippen molar-refractivity contribution in [2.24, 2.45) is 0 Å². The molecule has 118 valence electrons. The van der Waals surface area contributed by atoms with Crippen LogP contribution in [0.1, 0.15) is 5.69 Å². The molecule has 2 aromatic heterocycles. The second kappa shape index (κ2) is 5.85. The summed E-state index contributed by atoms with van der Waals surface area (Å²) in [6.07, 6.45) is 1.82. The Balaban J connectivity index is 1.61. The van der Waals surface area contributed by atoms with Crippen molar-refractivity contribution in [3.63, 3.8) is 0 Å².